The molecule has 0 atom stereocenters. The van der Waals surface area contributed by atoms with Gasteiger partial charge >= 0.3 is 0 Å². The lowest BCUT2D eigenvalue weighted by Crippen LogP contribution is -2.32. The molecule has 0 aromatic carbocycles. The molecule has 37 heavy (non-hydrogen) atoms. The number of halogens is 2. The third-order valence-electron chi connectivity index (χ3n) is 6.65. The fraction of sp³-hybridized carbons (Fsp3) is 0.467. The van der Waals surface area contributed by atoms with Crippen LogP contribution in [-0.2, 0) is 17.6 Å². The van der Waals surface area contributed by atoms with Gasteiger partial charge in [-0.15, -0.1) is 0 Å². The minimum atomic E-state index is -0.559. The molecule has 7 heteroatoms. The Balaban J connectivity index is 2.09. The molecule has 0 saturated carbocycles. The summed E-state index contributed by atoms with van der Waals surface area (Å²) in [4.78, 5) is 20.5. The number of nitrogens with one attached hydrogen (secondary N) is 2. The number of hydrogen-bond acceptors (Lipinski definition) is 3. The summed E-state index contributed by atoms with van der Waals surface area (Å²) in [5, 5.41) is 3.20. The van der Waals surface area contributed by atoms with Gasteiger partial charge in [-0.1, -0.05) is 63.9 Å². The van der Waals surface area contributed by atoms with E-state index in [4.69, 9.17) is 16.3 Å². The van der Waals surface area contributed by atoms with Crippen LogP contribution in [0.4, 0.5) is 4.39 Å². The van der Waals surface area contributed by atoms with E-state index >= 15 is 4.39 Å². The first-order chi connectivity index (χ1) is 17.9. The fourth-order valence-electron chi connectivity index (χ4n) is 4.74. The number of aliphatic imine (C=N–C) groups is 1. The maximum Gasteiger partial charge on any atom is 0.253 e. The number of nitrogens with zero attached hydrogens (tertiary/aromatic N) is 1. The van der Waals surface area contributed by atoms with Gasteiger partial charge in [0.05, 0.1) is 11.3 Å². The van der Waals surface area contributed by atoms with Crippen molar-refractivity contribution in [2.45, 2.75) is 85.5 Å². The monoisotopic (exact) mass is 527 g/mol. The minimum Gasteiger partial charge on any atom is -0.436 e. The van der Waals surface area contributed by atoms with E-state index < -0.39 is 5.83 Å². The van der Waals surface area contributed by atoms with E-state index in [0.717, 1.165) is 54.5 Å². The number of allylic oxidation sites excluding steroid dienone is 6. The van der Waals surface area contributed by atoms with Crippen LogP contribution in [0.2, 0.25) is 0 Å². The Bertz CT molecular complexity index is 1180. The van der Waals surface area contributed by atoms with Crippen molar-refractivity contribution in [3.05, 3.63) is 75.2 Å². The number of fused-ring (bicyclic) bond motifs is 3. The largest absolute Gasteiger partial charge is 0.436 e. The third-order valence-corrected chi connectivity index (χ3v) is 6.89. The average molecular weight is 528 g/mol. The van der Waals surface area contributed by atoms with Gasteiger partial charge in [-0.2, -0.15) is 0 Å². The lowest BCUT2D eigenvalue weighted by Gasteiger charge is -2.22. The molecule has 0 spiro atoms. The smallest absolute Gasteiger partial charge is 0.253 e. The Hall–Kier alpha value is -2.86. The molecule has 1 aromatic heterocycles. The van der Waals surface area contributed by atoms with Gasteiger partial charge < -0.3 is 15.0 Å². The van der Waals surface area contributed by atoms with Crippen molar-refractivity contribution < 1.29 is 13.9 Å². The maximum atomic E-state index is 16.3. The quantitative estimate of drug-likeness (QED) is 0.139. The second-order valence-corrected chi connectivity index (χ2v) is 9.73. The first kappa shape index (κ1) is 28.7. The standard InChI is InChI=1S/C30H39ClFN3O2/c1-6-10-13-20(9-4)30(35-24(31)12-8-3)37-19(5)27(32)25-21(14-11-7-2)15-16-22-26-23(34-28(22)25)17-18-33-29(26)36/h9,12,14,34H,5-8,10-11,13,15-18H2,1-4H3,(H,33,36)/b20-9-,21-14-,24-12+,27-25-,35-30+. The van der Waals surface area contributed by atoms with Gasteiger partial charge in [0.25, 0.3) is 5.91 Å². The van der Waals surface area contributed by atoms with Gasteiger partial charge in [-0.25, -0.2) is 9.38 Å². The number of aromatic amines is 1. The fourth-order valence-corrected chi connectivity index (χ4v) is 4.97. The van der Waals surface area contributed by atoms with Gasteiger partial charge in [0.15, 0.2) is 11.6 Å². The van der Waals surface area contributed by atoms with Gasteiger partial charge in [0.2, 0.25) is 5.90 Å². The van der Waals surface area contributed by atoms with Crippen LogP contribution < -0.4 is 5.32 Å². The predicted molar refractivity (Wildman–Crippen MR) is 151 cm³/mol. The first-order valence-corrected chi connectivity index (χ1v) is 13.8. The molecule has 0 fully saturated rings. The first-order valence-electron chi connectivity index (χ1n) is 13.4. The van der Waals surface area contributed by atoms with Crippen LogP contribution in [-0.4, -0.2) is 23.3 Å². The number of carbonyl (C=O) groups excluding carboxylic acids is 1. The van der Waals surface area contributed by atoms with Crippen molar-refractivity contribution >= 4 is 29.0 Å². The van der Waals surface area contributed by atoms with Crippen LogP contribution in [0, 0.1) is 0 Å². The maximum absolute atomic E-state index is 16.3. The molecule has 0 unspecified atom stereocenters. The summed E-state index contributed by atoms with van der Waals surface area (Å²) in [6.45, 7) is 12.6. The molecule has 0 saturated heterocycles. The van der Waals surface area contributed by atoms with Crippen LogP contribution in [0.25, 0.3) is 5.57 Å². The average Bonchev–Trinajstić information content (AvgIpc) is 3.27. The van der Waals surface area contributed by atoms with Gasteiger partial charge in [0.1, 0.15) is 5.16 Å². The molecule has 1 amide bonds. The summed E-state index contributed by atoms with van der Waals surface area (Å²) >= 11 is 6.32. The number of carbonyl (C=O) groups is 1. The van der Waals surface area contributed by atoms with Crippen molar-refractivity contribution in [1.29, 1.82) is 0 Å². The van der Waals surface area contributed by atoms with Crippen LogP contribution in [0.5, 0.6) is 0 Å². The van der Waals surface area contributed by atoms with Gasteiger partial charge in [-0.05, 0) is 62.7 Å². The number of aromatic nitrogens is 1. The van der Waals surface area contributed by atoms with Crippen LogP contribution >= 0.6 is 11.6 Å². The SMILES string of the molecule is C=C(OC(=N/C(Cl)=C/CC)/C(=C\C)CCCC)/C(F)=C1\C(=C/CCC)CCc2c1[nH]c1c2C(=O)NCC1. The van der Waals surface area contributed by atoms with Gasteiger partial charge in [0, 0.05) is 29.8 Å². The van der Waals surface area contributed by atoms with Crippen LogP contribution in [0.15, 0.2) is 57.7 Å². The summed E-state index contributed by atoms with van der Waals surface area (Å²) in [7, 11) is 0. The lowest BCUT2D eigenvalue weighted by molar-refractivity contribution is 0.0945. The molecule has 0 bridgehead atoms. The van der Waals surface area contributed by atoms with E-state index in [9.17, 15) is 4.79 Å². The van der Waals surface area contributed by atoms with E-state index in [0.29, 0.717) is 54.2 Å². The summed E-state index contributed by atoms with van der Waals surface area (Å²) in [5.41, 5.74) is 5.19. The summed E-state index contributed by atoms with van der Waals surface area (Å²) in [5.74, 6) is -0.531. The Morgan fingerprint density at radius 1 is 1.22 bits per heavy atom. The molecule has 2 aliphatic rings. The Morgan fingerprint density at radius 2 is 2.00 bits per heavy atom. The van der Waals surface area contributed by atoms with Crippen molar-refractivity contribution in [2.75, 3.05) is 6.54 Å². The van der Waals surface area contributed by atoms with E-state index in [1.807, 2.05) is 19.9 Å². The molecular weight excluding hydrogens is 489 g/mol. The molecule has 2 N–H and O–H groups in total. The molecule has 2 heterocycles. The normalized spacial score (nSPS) is 18.9. The predicted octanol–water partition coefficient (Wildman–Crippen LogP) is 8.21. The van der Waals surface area contributed by atoms with Crippen LogP contribution in [0.1, 0.15) is 99.9 Å². The third kappa shape index (κ3) is 6.72. The van der Waals surface area contributed by atoms with E-state index in [-0.39, 0.29) is 17.6 Å². The zero-order valence-electron chi connectivity index (χ0n) is 22.5. The van der Waals surface area contributed by atoms with Gasteiger partial charge in [-0.3, -0.25) is 4.79 Å². The topological polar surface area (TPSA) is 66.5 Å². The minimum absolute atomic E-state index is 0.102. The highest BCUT2D eigenvalue weighted by Crippen LogP contribution is 2.42. The van der Waals surface area contributed by atoms with Crippen molar-refractivity contribution in [2.24, 2.45) is 4.99 Å². The zero-order valence-corrected chi connectivity index (χ0v) is 23.3. The molecule has 1 aliphatic heterocycles. The van der Waals surface area contributed by atoms with Crippen LogP contribution in [0.3, 0.4) is 0 Å². The highest BCUT2D eigenvalue weighted by atomic mass is 35.5. The molecule has 200 valence electrons. The van der Waals surface area contributed by atoms with Crippen molar-refractivity contribution in [3.8, 4) is 0 Å². The summed E-state index contributed by atoms with van der Waals surface area (Å²) < 4.78 is 22.4. The molecule has 5 nitrogen and oxygen atoms in total. The zero-order chi connectivity index (χ0) is 26.9. The highest BCUT2D eigenvalue weighted by Gasteiger charge is 2.33. The number of unbranched alkanes of at least 4 members (excludes halogenated alkanes) is 2. The van der Waals surface area contributed by atoms with Crippen molar-refractivity contribution in [3.63, 3.8) is 0 Å². The number of H-pyrrole nitrogens is 1. The summed E-state index contributed by atoms with van der Waals surface area (Å²) in [6, 6.07) is 0. The second kappa shape index (κ2) is 13.6. The number of rotatable bonds is 10. The molecular formula is C30H39ClFN3O2. The van der Waals surface area contributed by atoms with E-state index in [1.54, 1.807) is 6.08 Å². The van der Waals surface area contributed by atoms with Crippen molar-refractivity contribution in [1.82, 2.24) is 10.3 Å². The number of amides is 1. The van der Waals surface area contributed by atoms with E-state index in [2.05, 4.69) is 41.8 Å². The number of ether oxygens (including phenoxy) is 1. The highest BCUT2D eigenvalue weighted by molar-refractivity contribution is 6.30. The number of hydrogen-bond donors (Lipinski definition) is 2. The Labute approximate surface area is 225 Å². The summed E-state index contributed by atoms with van der Waals surface area (Å²) in [6.07, 6.45) is 13.0. The van der Waals surface area contributed by atoms with E-state index in [1.165, 1.54) is 0 Å². The second-order valence-electron chi connectivity index (χ2n) is 9.34. The molecule has 1 aliphatic carbocycles. The molecule has 1 aromatic rings. The Kier molecular flexibility index (Phi) is 10.6. The lowest BCUT2D eigenvalue weighted by atomic mass is 9.84. The molecule has 0 radical (unpaired) electrons. The molecule has 3 rings (SSSR count). The Morgan fingerprint density at radius 3 is 2.68 bits per heavy atom.